The first-order valence-electron chi connectivity index (χ1n) is 5.30. The summed E-state index contributed by atoms with van der Waals surface area (Å²) in [4.78, 5) is 11.9. The van der Waals surface area contributed by atoms with Gasteiger partial charge in [0.1, 0.15) is 0 Å². The van der Waals surface area contributed by atoms with Gasteiger partial charge >= 0.3 is 9.05 Å². The molecule has 0 saturated carbocycles. The summed E-state index contributed by atoms with van der Waals surface area (Å²) in [5.74, 6) is 0. The van der Waals surface area contributed by atoms with E-state index in [-0.39, 0.29) is 0 Å². The minimum atomic E-state index is -3.56. The van der Waals surface area contributed by atoms with Crippen molar-refractivity contribution in [1.29, 1.82) is 0 Å². The molecule has 0 fully saturated rings. The van der Waals surface area contributed by atoms with Gasteiger partial charge in [-0.2, -0.15) is 0 Å². The molecular formula is C9H21O4Si. The van der Waals surface area contributed by atoms with Crippen LogP contribution in [0.25, 0.3) is 0 Å². The standard InChI is InChI=1S/C9H21O4Si/c1-4-7-11-14(10,12-8-5-2)13-9-6-3/h4-9H2,1-3H3. The van der Waals surface area contributed by atoms with Crippen molar-refractivity contribution in [2.75, 3.05) is 19.8 Å². The van der Waals surface area contributed by atoms with Gasteiger partial charge in [0.2, 0.25) is 0 Å². The van der Waals surface area contributed by atoms with Crippen molar-refractivity contribution in [1.82, 2.24) is 0 Å². The van der Waals surface area contributed by atoms with Crippen molar-refractivity contribution in [3.8, 4) is 0 Å². The highest BCUT2D eigenvalue weighted by molar-refractivity contribution is 6.51. The van der Waals surface area contributed by atoms with Crippen molar-refractivity contribution in [2.45, 2.75) is 40.0 Å². The largest absolute Gasteiger partial charge is 0.707 e. The minimum Gasteiger partial charge on any atom is -0.350 e. The quantitative estimate of drug-likeness (QED) is 0.560. The van der Waals surface area contributed by atoms with Gasteiger partial charge in [0, 0.05) is 19.8 Å². The monoisotopic (exact) mass is 221 g/mol. The van der Waals surface area contributed by atoms with Gasteiger partial charge in [-0.15, -0.1) is 0 Å². The second-order valence-corrected chi connectivity index (χ2v) is 4.91. The molecule has 0 N–H and O–H groups in total. The van der Waals surface area contributed by atoms with E-state index in [0.29, 0.717) is 19.8 Å². The zero-order valence-electron chi connectivity index (χ0n) is 9.38. The van der Waals surface area contributed by atoms with Crippen LogP contribution >= 0.6 is 0 Å². The smallest absolute Gasteiger partial charge is 0.350 e. The zero-order chi connectivity index (χ0) is 10.9. The average molecular weight is 221 g/mol. The fraction of sp³-hybridized carbons (Fsp3) is 1.00. The first-order valence-corrected chi connectivity index (χ1v) is 6.94. The molecule has 0 aromatic carbocycles. The van der Waals surface area contributed by atoms with Crippen LogP contribution in [0.3, 0.4) is 0 Å². The first kappa shape index (κ1) is 14.1. The Labute approximate surface area is 87.7 Å². The van der Waals surface area contributed by atoms with Crippen molar-refractivity contribution in [3.63, 3.8) is 0 Å². The van der Waals surface area contributed by atoms with Gasteiger partial charge in [-0.05, 0) is 19.3 Å². The maximum absolute atomic E-state index is 11.9. The highest BCUT2D eigenvalue weighted by atomic mass is 28.4. The molecule has 0 unspecified atom stereocenters. The Morgan fingerprint density at radius 2 is 1.07 bits per heavy atom. The Balaban J connectivity index is 3.89. The van der Waals surface area contributed by atoms with Crippen LogP contribution in [0.2, 0.25) is 0 Å². The topological polar surface area (TPSA) is 47.6 Å². The van der Waals surface area contributed by atoms with E-state index in [1.165, 1.54) is 0 Å². The predicted octanol–water partition coefficient (Wildman–Crippen LogP) is 2.13. The van der Waals surface area contributed by atoms with E-state index >= 15 is 0 Å². The fourth-order valence-electron chi connectivity index (χ4n) is 0.806. The Morgan fingerprint density at radius 3 is 1.29 bits per heavy atom. The van der Waals surface area contributed by atoms with E-state index in [1.807, 2.05) is 20.8 Å². The molecule has 0 aromatic rings. The lowest BCUT2D eigenvalue weighted by Gasteiger charge is -2.20. The normalized spacial score (nSPS) is 12.0. The molecule has 5 heteroatoms. The van der Waals surface area contributed by atoms with E-state index in [4.69, 9.17) is 13.3 Å². The van der Waals surface area contributed by atoms with Gasteiger partial charge < -0.3 is 13.3 Å². The van der Waals surface area contributed by atoms with Gasteiger partial charge in [0.25, 0.3) is 0 Å². The molecule has 1 radical (unpaired) electrons. The molecule has 4 nitrogen and oxygen atoms in total. The summed E-state index contributed by atoms with van der Waals surface area (Å²) < 4.78 is 15.4. The predicted molar refractivity (Wildman–Crippen MR) is 55.2 cm³/mol. The molecule has 0 bridgehead atoms. The van der Waals surface area contributed by atoms with Gasteiger partial charge in [-0.3, -0.25) is 0 Å². The SMILES string of the molecule is CCCO[Si]([O])(OCCC)OCCC. The van der Waals surface area contributed by atoms with Crippen molar-refractivity contribution in [3.05, 3.63) is 0 Å². The van der Waals surface area contributed by atoms with Crippen LogP contribution in [-0.2, 0) is 18.1 Å². The maximum Gasteiger partial charge on any atom is 0.707 e. The highest BCUT2D eigenvalue weighted by Crippen LogP contribution is 2.08. The summed E-state index contributed by atoms with van der Waals surface area (Å²) in [5.41, 5.74) is 0. The maximum atomic E-state index is 11.9. The Kier molecular flexibility index (Phi) is 8.41. The van der Waals surface area contributed by atoms with E-state index in [2.05, 4.69) is 0 Å². The third-order valence-electron chi connectivity index (χ3n) is 1.45. The van der Waals surface area contributed by atoms with Crippen LogP contribution in [0.5, 0.6) is 0 Å². The van der Waals surface area contributed by atoms with E-state index in [1.54, 1.807) is 0 Å². The summed E-state index contributed by atoms with van der Waals surface area (Å²) >= 11 is 0. The third kappa shape index (κ3) is 6.50. The third-order valence-corrected chi connectivity index (χ3v) is 3.12. The van der Waals surface area contributed by atoms with E-state index in [9.17, 15) is 4.80 Å². The number of rotatable bonds is 9. The molecule has 0 rings (SSSR count). The molecule has 0 amide bonds. The average Bonchev–Trinajstić information content (AvgIpc) is 2.21. The molecule has 0 aromatic heterocycles. The second kappa shape index (κ2) is 8.37. The molecule has 0 heterocycles. The molecule has 0 aliphatic heterocycles. The van der Waals surface area contributed by atoms with E-state index < -0.39 is 9.05 Å². The highest BCUT2D eigenvalue weighted by Gasteiger charge is 2.43. The van der Waals surface area contributed by atoms with Gasteiger partial charge in [0.15, 0.2) is 0 Å². The summed E-state index contributed by atoms with van der Waals surface area (Å²) in [5, 5.41) is 0. The molecule has 0 aliphatic rings. The van der Waals surface area contributed by atoms with Crippen LogP contribution in [0.4, 0.5) is 0 Å². The summed E-state index contributed by atoms with van der Waals surface area (Å²) in [6, 6.07) is 0. The molecule has 14 heavy (non-hydrogen) atoms. The van der Waals surface area contributed by atoms with Gasteiger partial charge in [0.05, 0.1) is 0 Å². The summed E-state index contributed by atoms with van der Waals surface area (Å²) in [6.07, 6.45) is 2.42. The molecule has 0 saturated heterocycles. The van der Waals surface area contributed by atoms with Crippen LogP contribution in [0.1, 0.15) is 40.0 Å². The zero-order valence-corrected chi connectivity index (χ0v) is 10.4. The second-order valence-electron chi connectivity index (χ2n) is 3.05. The lowest BCUT2D eigenvalue weighted by molar-refractivity contribution is -0.0285. The van der Waals surface area contributed by atoms with Crippen molar-refractivity contribution in [2.24, 2.45) is 0 Å². The van der Waals surface area contributed by atoms with Crippen LogP contribution < -0.4 is 0 Å². The molecule has 85 valence electrons. The lowest BCUT2D eigenvalue weighted by Crippen LogP contribution is -2.45. The van der Waals surface area contributed by atoms with Crippen molar-refractivity contribution >= 4 is 9.05 Å². The number of hydrogen-bond acceptors (Lipinski definition) is 3. The molecule has 0 aliphatic carbocycles. The molecule has 0 spiro atoms. The van der Waals surface area contributed by atoms with Gasteiger partial charge in [-0.1, -0.05) is 20.8 Å². The minimum absolute atomic E-state index is 0.420. The van der Waals surface area contributed by atoms with Crippen LogP contribution in [0, 0.1) is 0 Å². The number of hydrogen-bond donors (Lipinski definition) is 0. The fourth-order valence-corrected chi connectivity index (χ4v) is 2.42. The first-order chi connectivity index (χ1) is 6.68. The van der Waals surface area contributed by atoms with Crippen LogP contribution in [0.15, 0.2) is 0 Å². The summed E-state index contributed by atoms with van der Waals surface area (Å²) in [6.45, 7) is 7.12. The van der Waals surface area contributed by atoms with Gasteiger partial charge in [-0.25, -0.2) is 4.80 Å². The van der Waals surface area contributed by atoms with Crippen molar-refractivity contribution < 1.29 is 18.1 Å². The summed E-state index contributed by atoms with van der Waals surface area (Å²) in [7, 11) is -3.56. The Morgan fingerprint density at radius 1 is 0.786 bits per heavy atom. The Bertz CT molecular complexity index is 110. The van der Waals surface area contributed by atoms with E-state index in [0.717, 1.165) is 19.3 Å². The molecule has 0 atom stereocenters. The Hall–Kier alpha value is 0.0569. The van der Waals surface area contributed by atoms with Crippen LogP contribution in [-0.4, -0.2) is 28.9 Å². The molecular weight excluding hydrogens is 200 g/mol. The lowest BCUT2D eigenvalue weighted by atomic mass is 10.5.